The molecule has 15 heavy (non-hydrogen) atoms. The van der Waals surface area contributed by atoms with Crippen LogP contribution in [-0.4, -0.2) is 18.4 Å². The second kappa shape index (κ2) is 6.02. The fourth-order valence-corrected chi connectivity index (χ4v) is 0.824. The van der Waals surface area contributed by atoms with Crippen molar-refractivity contribution in [3.63, 3.8) is 0 Å². The number of nitrogens with zero attached hydrogens (tertiary/aromatic N) is 2. The largest absolute Gasteiger partial charge is 0.449 e. The van der Waals surface area contributed by atoms with Crippen LogP contribution in [0.3, 0.4) is 0 Å². The molecule has 5 heteroatoms. The summed E-state index contributed by atoms with van der Waals surface area (Å²) >= 11 is 0. The predicted octanol–water partition coefficient (Wildman–Crippen LogP) is 2.05. The summed E-state index contributed by atoms with van der Waals surface area (Å²) in [6, 6.07) is 2.01. The summed E-state index contributed by atoms with van der Waals surface area (Å²) < 4.78 is 4.64. The Kier molecular flexibility index (Phi) is 5.39. The molecule has 0 heterocycles. The Labute approximate surface area is 90.1 Å². The second-order valence-corrected chi connectivity index (χ2v) is 3.98. The predicted molar refractivity (Wildman–Crippen MR) is 57.3 cm³/mol. The molecule has 0 saturated heterocycles. The summed E-state index contributed by atoms with van der Waals surface area (Å²) in [5.74, 6) is 0. The number of carbonyl (C=O) groups is 1. The maximum atomic E-state index is 11.0. The number of hydrogen-bond acceptors (Lipinski definition) is 4. The molecule has 0 aromatic carbocycles. The Hall–Kier alpha value is -1.57. The van der Waals surface area contributed by atoms with Gasteiger partial charge in [0.2, 0.25) is 0 Å². The zero-order valence-corrected chi connectivity index (χ0v) is 9.63. The third-order valence-corrected chi connectivity index (χ3v) is 1.67. The van der Waals surface area contributed by atoms with Crippen LogP contribution >= 0.6 is 0 Å². The van der Waals surface area contributed by atoms with Gasteiger partial charge in [-0.3, -0.25) is 0 Å². The molecule has 0 aliphatic rings. The summed E-state index contributed by atoms with van der Waals surface area (Å²) in [5, 5.41) is 12.5. The van der Waals surface area contributed by atoms with E-state index in [1.165, 1.54) is 0 Å². The van der Waals surface area contributed by atoms with E-state index in [2.05, 4.69) is 15.3 Å². The van der Waals surface area contributed by atoms with Gasteiger partial charge in [0.15, 0.2) is 0 Å². The minimum atomic E-state index is -0.600. The maximum absolute atomic E-state index is 11.0. The number of carbonyl (C=O) groups excluding carboxylic acids is 1. The standard InChI is InChI=1S/C10H17N3O2/c1-5-15-9(14)13-12-8(6-7-11)10(2,3)4/h5-6H2,1-4H3,(H,13,14)/b12-8+. The highest BCUT2D eigenvalue weighted by Crippen LogP contribution is 2.17. The normalized spacial score (nSPS) is 11.8. The second-order valence-electron chi connectivity index (χ2n) is 3.98. The summed E-state index contributed by atoms with van der Waals surface area (Å²) in [6.07, 6.45) is -0.409. The Morgan fingerprint density at radius 1 is 1.53 bits per heavy atom. The van der Waals surface area contributed by atoms with Crippen molar-refractivity contribution in [3.8, 4) is 6.07 Å². The minimum Gasteiger partial charge on any atom is -0.449 e. The van der Waals surface area contributed by atoms with Gasteiger partial charge >= 0.3 is 6.09 Å². The van der Waals surface area contributed by atoms with E-state index in [0.29, 0.717) is 12.3 Å². The molecule has 0 rings (SSSR count). The van der Waals surface area contributed by atoms with Gasteiger partial charge < -0.3 is 4.74 Å². The topological polar surface area (TPSA) is 74.5 Å². The van der Waals surface area contributed by atoms with Crippen molar-refractivity contribution in [2.75, 3.05) is 6.61 Å². The van der Waals surface area contributed by atoms with Crippen LogP contribution in [-0.2, 0) is 4.74 Å². The molecule has 0 atom stereocenters. The average Bonchev–Trinajstić information content (AvgIpc) is 2.10. The van der Waals surface area contributed by atoms with Gasteiger partial charge in [-0.05, 0) is 6.92 Å². The molecule has 84 valence electrons. The van der Waals surface area contributed by atoms with Gasteiger partial charge in [-0.1, -0.05) is 20.8 Å². The number of nitriles is 1. The monoisotopic (exact) mass is 211 g/mol. The molecule has 0 aliphatic heterocycles. The highest BCUT2D eigenvalue weighted by molar-refractivity contribution is 5.91. The van der Waals surface area contributed by atoms with Crippen molar-refractivity contribution in [2.24, 2.45) is 10.5 Å². The zero-order valence-electron chi connectivity index (χ0n) is 9.63. The van der Waals surface area contributed by atoms with Crippen molar-refractivity contribution in [3.05, 3.63) is 0 Å². The molecule has 1 amide bonds. The van der Waals surface area contributed by atoms with Crippen LogP contribution in [0.1, 0.15) is 34.1 Å². The molecule has 0 radical (unpaired) electrons. The van der Waals surface area contributed by atoms with E-state index < -0.39 is 6.09 Å². The van der Waals surface area contributed by atoms with E-state index in [0.717, 1.165) is 0 Å². The first-order valence-electron chi connectivity index (χ1n) is 4.78. The fraction of sp³-hybridized carbons (Fsp3) is 0.700. The third kappa shape index (κ3) is 5.68. The smallest absolute Gasteiger partial charge is 0.427 e. The number of rotatable bonds is 3. The first-order valence-corrected chi connectivity index (χ1v) is 4.78. The number of hydrazone groups is 1. The van der Waals surface area contributed by atoms with Crippen molar-refractivity contribution in [1.29, 1.82) is 5.26 Å². The SMILES string of the molecule is CCOC(=O)N/N=C(\CC#N)C(C)(C)C. The lowest BCUT2D eigenvalue weighted by Gasteiger charge is -2.18. The lowest BCUT2D eigenvalue weighted by molar-refractivity contribution is 0.152. The summed E-state index contributed by atoms with van der Waals surface area (Å²) in [4.78, 5) is 11.0. The average molecular weight is 211 g/mol. The molecule has 0 aromatic heterocycles. The molecular formula is C10H17N3O2. The van der Waals surface area contributed by atoms with E-state index in [-0.39, 0.29) is 11.8 Å². The number of amides is 1. The van der Waals surface area contributed by atoms with Crippen LogP contribution in [0.2, 0.25) is 0 Å². The molecule has 0 fully saturated rings. The molecule has 0 aliphatic carbocycles. The van der Waals surface area contributed by atoms with Gasteiger partial charge in [0.1, 0.15) is 0 Å². The quantitative estimate of drug-likeness (QED) is 0.573. The minimum absolute atomic E-state index is 0.190. The third-order valence-electron chi connectivity index (χ3n) is 1.67. The Bertz CT molecular complexity index is 284. The van der Waals surface area contributed by atoms with Crippen molar-refractivity contribution < 1.29 is 9.53 Å². The molecule has 0 aromatic rings. The van der Waals surface area contributed by atoms with Crippen LogP contribution < -0.4 is 5.43 Å². The zero-order chi connectivity index (χ0) is 11.9. The molecule has 0 saturated carbocycles. The van der Waals surface area contributed by atoms with Crippen LogP contribution in [0.4, 0.5) is 4.79 Å². The van der Waals surface area contributed by atoms with Crippen molar-refractivity contribution >= 4 is 11.8 Å². The summed E-state index contributed by atoms with van der Waals surface area (Å²) in [6.45, 7) is 7.79. The summed E-state index contributed by atoms with van der Waals surface area (Å²) in [5.41, 5.74) is 2.63. The van der Waals surface area contributed by atoms with E-state index >= 15 is 0 Å². The van der Waals surface area contributed by atoms with Crippen LogP contribution in [0.25, 0.3) is 0 Å². The highest BCUT2D eigenvalue weighted by atomic mass is 16.5. The van der Waals surface area contributed by atoms with E-state index in [9.17, 15) is 4.79 Å². The fourth-order valence-electron chi connectivity index (χ4n) is 0.824. The van der Waals surface area contributed by atoms with Crippen molar-refractivity contribution in [1.82, 2.24) is 5.43 Å². The lowest BCUT2D eigenvalue weighted by Crippen LogP contribution is -2.26. The van der Waals surface area contributed by atoms with Crippen LogP contribution in [0, 0.1) is 16.7 Å². The Morgan fingerprint density at radius 3 is 2.53 bits per heavy atom. The Balaban J connectivity index is 4.45. The van der Waals surface area contributed by atoms with Gasteiger partial charge in [0, 0.05) is 5.41 Å². The van der Waals surface area contributed by atoms with Gasteiger partial charge in [-0.2, -0.15) is 10.4 Å². The van der Waals surface area contributed by atoms with Crippen molar-refractivity contribution in [2.45, 2.75) is 34.1 Å². The lowest BCUT2D eigenvalue weighted by atomic mass is 9.88. The summed E-state index contributed by atoms with van der Waals surface area (Å²) in [7, 11) is 0. The molecular weight excluding hydrogens is 194 g/mol. The van der Waals surface area contributed by atoms with E-state index in [1.54, 1.807) is 6.92 Å². The number of nitrogens with one attached hydrogen (secondary N) is 1. The van der Waals surface area contributed by atoms with Gasteiger partial charge in [-0.15, -0.1) is 0 Å². The molecule has 0 unspecified atom stereocenters. The van der Waals surface area contributed by atoms with Gasteiger partial charge in [0.05, 0.1) is 24.8 Å². The Morgan fingerprint density at radius 2 is 2.13 bits per heavy atom. The maximum Gasteiger partial charge on any atom is 0.427 e. The van der Waals surface area contributed by atoms with E-state index in [1.807, 2.05) is 26.8 Å². The molecule has 5 nitrogen and oxygen atoms in total. The van der Waals surface area contributed by atoms with E-state index in [4.69, 9.17) is 5.26 Å². The van der Waals surface area contributed by atoms with Gasteiger partial charge in [-0.25, -0.2) is 10.2 Å². The number of hydrogen-bond donors (Lipinski definition) is 1. The number of ether oxygens (including phenoxy) is 1. The molecule has 0 spiro atoms. The first kappa shape index (κ1) is 13.4. The highest BCUT2D eigenvalue weighted by Gasteiger charge is 2.19. The van der Waals surface area contributed by atoms with Gasteiger partial charge in [0.25, 0.3) is 0 Å². The van der Waals surface area contributed by atoms with Crippen LogP contribution in [0.5, 0.6) is 0 Å². The van der Waals surface area contributed by atoms with Crippen LogP contribution in [0.15, 0.2) is 5.10 Å². The molecule has 0 bridgehead atoms. The first-order chi connectivity index (χ1) is 6.91. The molecule has 1 N–H and O–H groups in total.